The van der Waals surface area contributed by atoms with E-state index >= 15 is 0 Å². The normalized spacial score (nSPS) is 17.0. The van der Waals surface area contributed by atoms with E-state index in [0.29, 0.717) is 16.8 Å². The second-order valence-electron chi connectivity index (χ2n) is 7.23. The molecule has 1 aliphatic rings. The maximum absolute atomic E-state index is 12.9. The number of nitrogens with one attached hydrogen (secondary N) is 2. The van der Waals surface area contributed by atoms with E-state index in [2.05, 4.69) is 43.0 Å². The molecule has 138 valence electrons. The van der Waals surface area contributed by atoms with Crippen LogP contribution in [0.15, 0.2) is 49.2 Å². The maximum atomic E-state index is 12.9. The van der Waals surface area contributed by atoms with Crippen LogP contribution < -0.4 is 21.7 Å². The minimum absolute atomic E-state index is 0.104. The van der Waals surface area contributed by atoms with Crippen molar-refractivity contribution in [2.45, 2.75) is 33.1 Å². The Labute approximate surface area is 153 Å². The quantitative estimate of drug-likeness (QED) is 0.554. The van der Waals surface area contributed by atoms with Crippen LogP contribution in [-0.4, -0.2) is 9.61 Å². The number of nitrogens with zero attached hydrogens (tertiary/aromatic N) is 1. The topological polar surface area (TPSA) is 98.7 Å². The van der Waals surface area contributed by atoms with Gasteiger partial charge in [-0.1, -0.05) is 39.0 Å². The van der Waals surface area contributed by atoms with Gasteiger partial charge in [0, 0.05) is 0 Å². The summed E-state index contributed by atoms with van der Waals surface area (Å²) in [4.78, 5) is 38.9. The smallest absolute Gasteiger partial charge is 0.348 e. The van der Waals surface area contributed by atoms with E-state index in [1.165, 1.54) is 5.57 Å². The summed E-state index contributed by atoms with van der Waals surface area (Å²) in [5.41, 5.74) is 1.38. The molecule has 2 heterocycles. The van der Waals surface area contributed by atoms with Crippen LogP contribution in [0.1, 0.15) is 44.2 Å². The lowest BCUT2D eigenvalue weighted by Crippen LogP contribution is -2.36. The molecule has 7 nitrogen and oxygen atoms in total. The van der Waals surface area contributed by atoms with Crippen LogP contribution in [0, 0.1) is 5.92 Å². The predicted molar refractivity (Wildman–Crippen MR) is 102 cm³/mol. The van der Waals surface area contributed by atoms with Crippen molar-refractivity contribution in [3.8, 4) is 0 Å². The average molecular weight is 366 g/mol. The molecule has 7 heteroatoms. The van der Waals surface area contributed by atoms with Gasteiger partial charge in [-0.15, -0.1) is 0 Å². The third-order valence-electron chi connectivity index (χ3n) is 5.02. The molecule has 1 unspecified atom stereocenters. The molecule has 0 fully saturated rings. The summed E-state index contributed by atoms with van der Waals surface area (Å²) in [6.07, 6.45) is 7.20. The monoisotopic (exact) mass is 366 g/mol. The molecule has 2 N–H and O–H groups in total. The fraction of sp³-hybridized carbons (Fsp3) is 0.300. The second-order valence-corrected chi connectivity index (χ2v) is 7.23. The van der Waals surface area contributed by atoms with Crippen molar-refractivity contribution in [3.05, 3.63) is 72.6 Å². The summed E-state index contributed by atoms with van der Waals surface area (Å²) >= 11 is 0. The zero-order valence-electron chi connectivity index (χ0n) is 15.3. The van der Waals surface area contributed by atoms with E-state index in [9.17, 15) is 14.4 Å². The van der Waals surface area contributed by atoms with Crippen molar-refractivity contribution >= 4 is 22.3 Å². The predicted octanol–water partition coefficient (Wildman–Crippen LogP) is 2.01. The van der Waals surface area contributed by atoms with E-state index in [1.807, 2.05) is 18.2 Å². The van der Waals surface area contributed by atoms with Crippen molar-refractivity contribution < 1.29 is 9.40 Å². The number of benzene rings is 1. The molecule has 0 amide bonds. The van der Waals surface area contributed by atoms with Crippen LogP contribution in [-0.2, 0) is 0 Å². The number of aromatic nitrogens is 3. The number of aromatic amines is 2. The molecule has 1 aromatic carbocycles. The van der Waals surface area contributed by atoms with Gasteiger partial charge < -0.3 is 4.42 Å². The molecule has 0 radical (unpaired) electrons. The highest BCUT2D eigenvalue weighted by Crippen LogP contribution is 2.35. The number of rotatable bonds is 2. The van der Waals surface area contributed by atoms with Gasteiger partial charge in [0.2, 0.25) is 0 Å². The SMILES string of the molecule is CC1CC=CC=C1c1cc2c(=O)n3[nH]c(=O)c(=O)oc3[nH+]c2cc1C(C)C. The molecule has 0 spiro atoms. The van der Waals surface area contributed by atoms with Gasteiger partial charge >= 0.3 is 22.6 Å². The average Bonchev–Trinajstić information content (AvgIpc) is 2.63. The lowest BCUT2D eigenvalue weighted by molar-refractivity contribution is -0.331. The summed E-state index contributed by atoms with van der Waals surface area (Å²) in [5.74, 6) is 0.473. The lowest BCUT2D eigenvalue weighted by atomic mass is 9.83. The van der Waals surface area contributed by atoms with Gasteiger partial charge in [-0.3, -0.25) is 4.79 Å². The van der Waals surface area contributed by atoms with Crippen molar-refractivity contribution in [2.24, 2.45) is 5.92 Å². The molecule has 0 bridgehead atoms. The summed E-state index contributed by atoms with van der Waals surface area (Å²) in [6, 6.07) is 3.79. The highest BCUT2D eigenvalue weighted by atomic mass is 16.4. The van der Waals surface area contributed by atoms with Gasteiger partial charge in [0.1, 0.15) is 10.9 Å². The second kappa shape index (κ2) is 6.19. The van der Waals surface area contributed by atoms with Crippen LogP contribution in [0.4, 0.5) is 0 Å². The molecule has 1 atom stereocenters. The van der Waals surface area contributed by atoms with Crippen LogP contribution >= 0.6 is 0 Å². The summed E-state index contributed by atoms with van der Waals surface area (Å²) in [5, 5.41) is 2.66. The number of hydrogen-bond donors (Lipinski definition) is 1. The molecule has 3 aromatic rings. The van der Waals surface area contributed by atoms with Gasteiger partial charge in [-0.2, -0.15) is 5.10 Å². The first-order chi connectivity index (χ1) is 12.9. The minimum atomic E-state index is -1.06. The Kier molecular flexibility index (Phi) is 3.95. The Hall–Kier alpha value is -3.22. The van der Waals surface area contributed by atoms with Crippen LogP contribution in [0.5, 0.6) is 0 Å². The molecular formula is C20H20N3O4+. The first-order valence-electron chi connectivity index (χ1n) is 8.93. The van der Waals surface area contributed by atoms with E-state index in [-0.39, 0.29) is 11.8 Å². The zero-order chi connectivity index (χ0) is 19.3. The van der Waals surface area contributed by atoms with Gasteiger partial charge in [0.25, 0.3) is 0 Å². The first kappa shape index (κ1) is 17.2. The van der Waals surface area contributed by atoms with E-state index < -0.39 is 16.7 Å². The zero-order valence-corrected chi connectivity index (χ0v) is 15.3. The standard InChI is InChI=1S/C20H19N3O4/c1-10(2)13-9-16-15(8-14(13)12-7-5-4-6-11(12)3)18(25)23-20(21-16)27-19(26)17(24)22-23/h4-5,7-11H,6H2,1-3H3,(H,22,24)/p+1. The number of hydrogen-bond acceptors (Lipinski definition) is 4. The Bertz CT molecular complexity index is 1310. The Morgan fingerprint density at radius 2 is 2.04 bits per heavy atom. The maximum Gasteiger partial charge on any atom is 0.490 e. The van der Waals surface area contributed by atoms with Crippen molar-refractivity contribution in [1.82, 2.24) is 9.61 Å². The molecule has 0 saturated heterocycles. The van der Waals surface area contributed by atoms with Crippen LogP contribution in [0.25, 0.3) is 22.3 Å². The van der Waals surface area contributed by atoms with Gasteiger partial charge in [-0.25, -0.2) is 14.6 Å². The molecule has 27 heavy (non-hydrogen) atoms. The molecule has 4 rings (SSSR count). The molecule has 0 aliphatic heterocycles. The Morgan fingerprint density at radius 3 is 2.74 bits per heavy atom. The van der Waals surface area contributed by atoms with Gasteiger partial charge in [-0.05, 0) is 51.6 Å². The Balaban J connectivity index is 2.12. The van der Waals surface area contributed by atoms with E-state index in [4.69, 9.17) is 4.42 Å². The van der Waals surface area contributed by atoms with Crippen LogP contribution in [0.3, 0.4) is 0 Å². The van der Waals surface area contributed by atoms with Crippen molar-refractivity contribution in [1.29, 1.82) is 0 Å². The molecule has 0 saturated carbocycles. The molecular weight excluding hydrogens is 346 g/mol. The highest BCUT2D eigenvalue weighted by molar-refractivity contribution is 5.84. The third-order valence-corrected chi connectivity index (χ3v) is 5.02. The molecule has 1 aliphatic carbocycles. The van der Waals surface area contributed by atoms with Gasteiger partial charge in [0.05, 0.1) is 0 Å². The highest BCUT2D eigenvalue weighted by Gasteiger charge is 2.22. The third kappa shape index (κ3) is 2.75. The van der Waals surface area contributed by atoms with Crippen molar-refractivity contribution in [2.75, 3.05) is 0 Å². The lowest BCUT2D eigenvalue weighted by Gasteiger charge is -2.22. The molecule has 2 aromatic heterocycles. The summed E-state index contributed by atoms with van der Waals surface area (Å²) in [6.45, 7) is 6.36. The summed E-state index contributed by atoms with van der Waals surface area (Å²) in [7, 11) is 0. The first-order valence-corrected chi connectivity index (χ1v) is 8.93. The largest absolute Gasteiger partial charge is 0.490 e. The minimum Gasteiger partial charge on any atom is -0.348 e. The van der Waals surface area contributed by atoms with Crippen LogP contribution in [0.2, 0.25) is 0 Å². The number of fused-ring (bicyclic) bond motifs is 2. The van der Waals surface area contributed by atoms with E-state index in [0.717, 1.165) is 22.1 Å². The fourth-order valence-corrected chi connectivity index (χ4v) is 3.56. The summed E-state index contributed by atoms with van der Waals surface area (Å²) < 4.78 is 5.87. The van der Waals surface area contributed by atoms with Gasteiger partial charge in [0.15, 0.2) is 0 Å². The number of allylic oxidation sites excluding steroid dienone is 4. The fourth-order valence-electron chi connectivity index (χ4n) is 3.56. The Morgan fingerprint density at radius 1 is 1.26 bits per heavy atom. The van der Waals surface area contributed by atoms with E-state index in [1.54, 1.807) is 0 Å². The number of H-pyrrole nitrogens is 2. The van der Waals surface area contributed by atoms with Crippen molar-refractivity contribution in [3.63, 3.8) is 0 Å².